The molecular weight excluding hydrogens is 210 g/mol. The van der Waals surface area contributed by atoms with Crippen LogP contribution >= 0.6 is 0 Å². The molecule has 0 saturated heterocycles. The Morgan fingerprint density at radius 1 is 1.38 bits per heavy atom. The van der Waals surface area contributed by atoms with Crippen LogP contribution in [0.3, 0.4) is 0 Å². The number of hydrogen-bond donors (Lipinski definition) is 0. The van der Waals surface area contributed by atoms with Gasteiger partial charge in [-0.15, -0.1) is 0 Å². The van der Waals surface area contributed by atoms with Crippen molar-refractivity contribution < 1.29 is 19.1 Å². The van der Waals surface area contributed by atoms with Crippen molar-refractivity contribution in [2.75, 3.05) is 21.2 Å². The predicted octanol–water partition coefficient (Wildman–Crippen LogP) is 1.57. The second-order valence-corrected chi connectivity index (χ2v) is 3.28. The van der Waals surface area contributed by atoms with Gasteiger partial charge in [-0.25, -0.2) is 4.79 Å². The first-order chi connectivity index (χ1) is 7.58. The molecule has 0 fully saturated rings. The molecular formula is C11H13NO4. The number of nitrogens with zero attached hydrogens (tertiary/aromatic N) is 1. The van der Waals surface area contributed by atoms with Crippen molar-refractivity contribution in [3.05, 3.63) is 23.8 Å². The molecule has 5 heteroatoms. The van der Waals surface area contributed by atoms with Crippen LogP contribution in [0.15, 0.2) is 18.2 Å². The molecule has 0 heterocycles. The average Bonchev–Trinajstić information content (AvgIpc) is 2.29. The topological polar surface area (TPSA) is 55.8 Å². The van der Waals surface area contributed by atoms with Crippen LogP contribution in [0.1, 0.15) is 10.4 Å². The average molecular weight is 223 g/mol. The molecule has 86 valence electrons. The highest BCUT2D eigenvalue weighted by Gasteiger charge is 2.11. The fourth-order valence-corrected chi connectivity index (χ4v) is 1.02. The van der Waals surface area contributed by atoms with Crippen molar-refractivity contribution in [3.63, 3.8) is 0 Å². The second-order valence-electron chi connectivity index (χ2n) is 3.28. The quantitative estimate of drug-likeness (QED) is 0.730. The van der Waals surface area contributed by atoms with Crippen LogP contribution in [0.5, 0.6) is 11.5 Å². The Hall–Kier alpha value is -2.04. The van der Waals surface area contributed by atoms with Crippen LogP contribution in [0.2, 0.25) is 0 Å². The molecule has 0 unspecified atom stereocenters. The summed E-state index contributed by atoms with van der Waals surface area (Å²) in [5.41, 5.74) is 0.273. The van der Waals surface area contributed by atoms with Gasteiger partial charge in [0.15, 0.2) is 6.29 Å². The highest BCUT2D eigenvalue weighted by atomic mass is 16.6. The standard InChI is InChI=1S/C11H13NO4/c1-12(2)11(14)16-10-5-4-9(15-3)6-8(10)7-13/h4-7H,1-3H3. The number of aldehydes is 1. The predicted molar refractivity (Wildman–Crippen MR) is 58.1 cm³/mol. The van der Waals surface area contributed by atoms with E-state index in [-0.39, 0.29) is 11.3 Å². The number of carbonyl (C=O) groups excluding carboxylic acids is 2. The van der Waals surface area contributed by atoms with E-state index >= 15 is 0 Å². The van der Waals surface area contributed by atoms with Crippen molar-refractivity contribution in [1.29, 1.82) is 0 Å². The first-order valence-corrected chi connectivity index (χ1v) is 4.61. The van der Waals surface area contributed by atoms with E-state index in [0.717, 1.165) is 0 Å². The molecule has 1 aromatic rings. The minimum atomic E-state index is -0.534. The Morgan fingerprint density at radius 2 is 2.06 bits per heavy atom. The fourth-order valence-electron chi connectivity index (χ4n) is 1.02. The van der Waals surface area contributed by atoms with Crippen LogP contribution in [0, 0.1) is 0 Å². The molecule has 16 heavy (non-hydrogen) atoms. The maximum Gasteiger partial charge on any atom is 0.414 e. The van der Waals surface area contributed by atoms with Crippen molar-refractivity contribution in [3.8, 4) is 11.5 Å². The highest BCUT2D eigenvalue weighted by Crippen LogP contribution is 2.22. The summed E-state index contributed by atoms with van der Waals surface area (Å²) in [6, 6.07) is 4.64. The summed E-state index contributed by atoms with van der Waals surface area (Å²) >= 11 is 0. The molecule has 1 aromatic carbocycles. The zero-order valence-electron chi connectivity index (χ0n) is 9.39. The molecule has 0 aliphatic heterocycles. The van der Waals surface area contributed by atoms with E-state index in [2.05, 4.69) is 0 Å². The number of methoxy groups -OCH3 is 1. The molecule has 0 spiro atoms. The first-order valence-electron chi connectivity index (χ1n) is 4.61. The number of rotatable bonds is 3. The molecule has 1 rings (SSSR count). The van der Waals surface area contributed by atoms with Gasteiger partial charge in [0.1, 0.15) is 11.5 Å². The van der Waals surface area contributed by atoms with Crippen molar-refractivity contribution in [2.24, 2.45) is 0 Å². The molecule has 0 radical (unpaired) electrons. The highest BCUT2D eigenvalue weighted by molar-refractivity contribution is 5.82. The SMILES string of the molecule is COc1ccc(OC(=O)N(C)C)c(C=O)c1. The Balaban J connectivity index is 2.96. The summed E-state index contributed by atoms with van der Waals surface area (Å²) in [5.74, 6) is 0.751. The van der Waals surface area contributed by atoms with Crippen molar-refractivity contribution >= 4 is 12.4 Å². The van der Waals surface area contributed by atoms with Gasteiger partial charge in [-0.3, -0.25) is 4.79 Å². The van der Waals surface area contributed by atoms with Gasteiger partial charge < -0.3 is 14.4 Å². The number of amides is 1. The Labute approximate surface area is 93.6 Å². The molecule has 0 bridgehead atoms. The molecule has 0 aliphatic carbocycles. The number of ether oxygens (including phenoxy) is 2. The number of hydrogen-bond acceptors (Lipinski definition) is 4. The Bertz CT molecular complexity index is 401. The van der Waals surface area contributed by atoms with Gasteiger partial charge in [-0.2, -0.15) is 0 Å². The van der Waals surface area contributed by atoms with Gasteiger partial charge in [0.2, 0.25) is 0 Å². The van der Waals surface area contributed by atoms with Gasteiger partial charge in [0.25, 0.3) is 0 Å². The van der Waals surface area contributed by atoms with Crippen molar-refractivity contribution in [2.45, 2.75) is 0 Å². The van der Waals surface area contributed by atoms with Crippen LogP contribution < -0.4 is 9.47 Å². The van der Waals surface area contributed by atoms with E-state index in [1.165, 1.54) is 24.1 Å². The van der Waals surface area contributed by atoms with Gasteiger partial charge in [0.05, 0.1) is 12.7 Å². The lowest BCUT2D eigenvalue weighted by atomic mass is 10.2. The molecule has 0 aliphatic rings. The smallest absolute Gasteiger partial charge is 0.414 e. The maximum absolute atomic E-state index is 11.3. The minimum Gasteiger partial charge on any atom is -0.497 e. The van der Waals surface area contributed by atoms with Crippen LogP contribution in [-0.4, -0.2) is 38.5 Å². The van der Waals surface area contributed by atoms with E-state index in [1.807, 2.05) is 0 Å². The molecule has 0 N–H and O–H groups in total. The van der Waals surface area contributed by atoms with Gasteiger partial charge in [-0.05, 0) is 18.2 Å². The Kier molecular flexibility index (Phi) is 3.88. The minimum absolute atomic E-state index is 0.217. The maximum atomic E-state index is 11.3. The summed E-state index contributed by atoms with van der Waals surface area (Å²) in [6.45, 7) is 0. The normalized spacial score (nSPS) is 9.44. The molecule has 0 aromatic heterocycles. The summed E-state index contributed by atoms with van der Waals surface area (Å²) in [4.78, 5) is 23.4. The van der Waals surface area contributed by atoms with Crippen LogP contribution in [0.25, 0.3) is 0 Å². The molecule has 1 amide bonds. The van der Waals surface area contributed by atoms with Gasteiger partial charge >= 0.3 is 6.09 Å². The fraction of sp³-hybridized carbons (Fsp3) is 0.273. The van der Waals surface area contributed by atoms with Gasteiger partial charge in [-0.1, -0.05) is 0 Å². The molecule has 0 saturated carbocycles. The summed E-state index contributed by atoms with van der Waals surface area (Å²) in [6.07, 6.45) is 0.0779. The van der Waals surface area contributed by atoms with Crippen LogP contribution in [0.4, 0.5) is 4.79 Å². The monoisotopic (exact) mass is 223 g/mol. The lowest BCUT2D eigenvalue weighted by molar-refractivity contribution is 0.111. The number of carbonyl (C=O) groups is 2. The Morgan fingerprint density at radius 3 is 2.56 bits per heavy atom. The molecule has 0 atom stereocenters. The van der Waals surface area contributed by atoms with E-state index < -0.39 is 6.09 Å². The van der Waals surface area contributed by atoms with E-state index in [1.54, 1.807) is 20.2 Å². The zero-order valence-corrected chi connectivity index (χ0v) is 9.39. The third kappa shape index (κ3) is 2.73. The van der Waals surface area contributed by atoms with E-state index in [4.69, 9.17) is 9.47 Å². The van der Waals surface area contributed by atoms with Crippen molar-refractivity contribution in [1.82, 2.24) is 4.90 Å². The summed E-state index contributed by atoms with van der Waals surface area (Å²) in [5, 5.41) is 0. The largest absolute Gasteiger partial charge is 0.497 e. The third-order valence-corrected chi connectivity index (χ3v) is 1.91. The lowest BCUT2D eigenvalue weighted by Gasteiger charge is -2.12. The lowest BCUT2D eigenvalue weighted by Crippen LogP contribution is -2.25. The number of benzene rings is 1. The second kappa shape index (κ2) is 5.16. The zero-order chi connectivity index (χ0) is 12.1. The third-order valence-electron chi connectivity index (χ3n) is 1.91. The molecule has 5 nitrogen and oxygen atoms in total. The van der Waals surface area contributed by atoms with E-state index in [9.17, 15) is 9.59 Å². The summed E-state index contributed by atoms with van der Waals surface area (Å²) in [7, 11) is 4.62. The van der Waals surface area contributed by atoms with E-state index in [0.29, 0.717) is 12.0 Å². The first kappa shape index (κ1) is 12.0. The summed E-state index contributed by atoms with van der Waals surface area (Å²) < 4.78 is 9.95. The van der Waals surface area contributed by atoms with Gasteiger partial charge in [0, 0.05) is 14.1 Å². The van der Waals surface area contributed by atoms with Crippen LogP contribution in [-0.2, 0) is 0 Å².